The van der Waals surface area contributed by atoms with Crippen LogP contribution in [0.15, 0.2) is 72.6 Å². The molecule has 2 atom stereocenters. The highest BCUT2D eigenvalue weighted by Crippen LogP contribution is 2.52. The molecule has 0 saturated heterocycles. The second kappa shape index (κ2) is 9.20. The minimum atomic E-state index is -0.434. The molecule has 8 heteroatoms. The van der Waals surface area contributed by atoms with Crippen LogP contribution in [0.5, 0.6) is 23.0 Å². The van der Waals surface area contributed by atoms with Crippen molar-refractivity contribution in [3.8, 4) is 23.0 Å². The van der Waals surface area contributed by atoms with Gasteiger partial charge in [-0.05, 0) is 49.7 Å². The van der Waals surface area contributed by atoms with E-state index in [2.05, 4.69) is 40.5 Å². The summed E-state index contributed by atoms with van der Waals surface area (Å²) in [4.78, 5) is 4.53. The number of aryl methyl sites for hydroxylation is 1. The molecule has 1 N–H and O–H groups in total. The van der Waals surface area contributed by atoms with Crippen molar-refractivity contribution < 1.29 is 18.9 Å². The fourth-order valence-corrected chi connectivity index (χ4v) is 5.17. The summed E-state index contributed by atoms with van der Waals surface area (Å²) >= 11 is 0. The third-order valence-electron chi connectivity index (χ3n) is 6.79. The average Bonchev–Trinajstić information content (AvgIpc) is 3.40. The van der Waals surface area contributed by atoms with Gasteiger partial charge in [0.15, 0.2) is 17.6 Å². The maximum absolute atomic E-state index is 6.78. The normalized spacial score (nSPS) is 17.6. The van der Waals surface area contributed by atoms with E-state index in [1.54, 1.807) is 20.5 Å². The Morgan fingerprint density at radius 1 is 0.973 bits per heavy atom. The van der Waals surface area contributed by atoms with Gasteiger partial charge in [0, 0.05) is 16.7 Å². The minimum Gasteiger partial charge on any atom is -0.493 e. The molecule has 0 bridgehead atoms. The molecule has 2 aliphatic heterocycles. The molecule has 6 rings (SSSR count). The maximum Gasteiger partial charge on any atom is 0.226 e. The number of hydrogen-bond acceptors (Lipinski definition) is 7. The molecule has 37 heavy (non-hydrogen) atoms. The molecule has 0 amide bonds. The van der Waals surface area contributed by atoms with Gasteiger partial charge in [0.25, 0.3) is 0 Å². The third kappa shape index (κ3) is 3.76. The quantitative estimate of drug-likeness (QED) is 0.374. The van der Waals surface area contributed by atoms with Crippen LogP contribution in [0.25, 0.3) is 5.70 Å². The van der Waals surface area contributed by atoms with E-state index in [4.69, 9.17) is 18.9 Å². The topological polar surface area (TPSA) is 79.7 Å². The smallest absolute Gasteiger partial charge is 0.226 e. The van der Waals surface area contributed by atoms with Gasteiger partial charge in [-0.15, -0.1) is 0 Å². The van der Waals surface area contributed by atoms with Crippen LogP contribution in [0.2, 0.25) is 0 Å². The van der Waals surface area contributed by atoms with Crippen molar-refractivity contribution in [1.29, 1.82) is 0 Å². The molecule has 0 spiro atoms. The van der Waals surface area contributed by atoms with Gasteiger partial charge in [0.1, 0.15) is 23.9 Å². The Balaban J connectivity index is 1.63. The summed E-state index contributed by atoms with van der Waals surface area (Å²) in [5, 5.41) is 8.17. The van der Waals surface area contributed by atoms with Crippen molar-refractivity contribution in [2.45, 2.75) is 26.0 Å². The molecule has 0 fully saturated rings. The summed E-state index contributed by atoms with van der Waals surface area (Å²) in [7, 11) is 3.27. The number of benzene rings is 3. The Labute approximate surface area is 215 Å². The Kier molecular flexibility index (Phi) is 5.71. The van der Waals surface area contributed by atoms with E-state index in [1.807, 2.05) is 54.1 Å². The molecule has 4 aromatic rings. The van der Waals surface area contributed by atoms with Gasteiger partial charge in [-0.2, -0.15) is 10.1 Å². The van der Waals surface area contributed by atoms with Crippen LogP contribution in [0, 0.1) is 6.92 Å². The first-order chi connectivity index (χ1) is 18.1. The number of methoxy groups -OCH3 is 2. The monoisotopic (exact) mass is 496 g/mol. The molecular formula is C29H28N4O4. The van der Waals surface area contributed by atoms with Crippen LogP contribution in [-0.4, -0.2) is 35.6 Å². The van der Waals surface area contributed by atoms with Gasteiger partial charge in [0.05, 0.1) is 26.5 Å². The fraction of sp³-hybridized carbons (Fsp3) is 0.241. The summed E-state index contributed by atoms with van der Waals surface area (Å²) < 4.78 is 25.9. The van der Waals surface area contributed by atoms with E-state index < -0.39 is 6.10 Å². The predicted octanol–water partition coefficient (Wildman–Crippen LogP) is 5.56. The number of anilines is 1. The highest BCUT2D eigenvalue weighted by Gasteiger charge is 2.42. The summed E-state index contributed by atoms with van der Waals surface area (Å²) in [6, 6.07) is 19.9. The molecule has 1 aromatic heterocycles. The largest absolute Gasteiger partial charge is 0.493 e. The van der Waals surface area contributed by atoms with Gasteiger partial charge < -0.3 is 24.3 Å². The van der Waals surface area contributed by atoms with E-state index in [0.717, 1.165) is 45.0 Å². The minimum absolute atomic E-state index is 0.318. The number of ether oxygens (including phenoxy) is 4. The van der Waals surface area contributed by atoms with Gasteiger partial charge in [-0.1, -0.05) is 35.9 Å². The average molecular weight is 497 g/mol. The Hall–Kier alpha value is -4.46. The first-order valence-corrected chi connectivity index (χ1v) is 12.2. The van der Waals surface area contributed by atoms with Crippen molar-refractivity contribution in [1.82, 2.24) is 14.8 Å². The number of hydrogen-bond donors (Lipinski definition) is 1. The molecule has 8 nitrogen and oxygen atoms in total. The first kappa shape index (κ1) is 23.0. The maximum atomic E-state index is 6.78. The van der Waals surface area contributed by atoms with E-state index in [1.165, 1.54) is 0 Å². The summed E-state index contributed by atoms with van der Waals surface area (Å²) in [5.41, 5.74) is 6.01. The van der Waals surface area contributed by atoms with Crippen LogP contribution < -0.4 is 24.3 Å². The Bertz CT molecular complexity index is 1510. The van der Waals surface area contributed by atoms with Crippen LogP contribution in [0.3, 0.4) is 0 Å². The van der Waals surface area contributed by atoms with Crippen molar-refractivity contribution in [3.63, 3.8) is 0 Å². The van der Waals surface area contributed by atoms with E-state index >= 15 is 0 Å². The van der Waals surface area contributed by atoms with Crippen LogP contribution in [0.4, 0.5) is 5.95 Å². The number of nitrogens with zero attached hydrogens (tertiary/aromatic N) is 3. The lowest BCUT2D eigenvalue weighted by Gasteiger charge is -2.39. The van der Waals surface area contributed by atoms with Crippen LogP contribution in [-0.2, 0) is 0 Å². The third-order valence-corrected chi connectivity index (χ3v) is 6.79. The number of rotatable bonds is 6. The molecule has 3 aromatic carbocycles. The summed E-state index contributed by atoms with van der Waals surface area (Å²) in [5.74, 6) is 3.54. The zero-order valence-corrected chi connectivity index (χ0v) is 21.2. The van der Waals surface area contributed by atoms with Crippen molar-refractivity contribution in [2.75, 3.05) is 26.1 Å². The standard InChI is InChI=1S/C29H28N4O4/c1-5-36-21-9-7-6-8-19(21)28-25-26(20-14-17(2)10-12-22(20)37-28)32-29-30-16-31-33(29)27(25)18-11-13-23(34-3)24(15-18)35-4/h6-16,27-28H,5H2,1-4H3,(H,30,31,32)/t27-,28+/m0/s1. The SMILES string of the molecule is CCOc1ccccc1[C@H]1Oc2ccc(C)cc2C2=C1[C@H](c1ccc(OC)c(OC)c1)n1ncnc1N2. The Morgan fingerprint density at radius 2 is 1.81 bits per heavy atom. The molecule has 0 aliphatic carbocycles. The van der Waals surface area contributed by atoms with Crippen molar-refractivity contribution >= 4 is 11.6 Å². The number of para-hydroxylation sites is 1. The van der Waals surface area contributed by atoms with E-state index in [9.17, 15) is 0 Å². The molecule has 0 saturated carbocycles. The highest BCUT2D eigenvalue weighted by atomic mass is 16.5. The van der Waals surface area contributed by atoms with Crippen molar-refractivity contribution in [3.05, 3.63) is 94.8 Å². The number of aromatic nitrogens is 3. The summed E-state index contributed by atoms with van der Waals surface area (Å²) in [6.45, 7) is 4.61. The zero-order valence-electron chi connectivity index (χ0n) is 21.2. The lowest BCUT2D eigenvalue weighted by atomic mass is 9.84. The van der Waals surface area contributed by atoms with E-state index in [-0.39, 0.29) is 6.04 Å². The highest BCUT2D eigenvalue weighted by molar-refractivity contribution is 5.85. The van der Waals surface area contributed by atoms with Gasteiger partial charge in [-0.3, -0.25) is 0 Å². The molecule has 3 heterocycles. The second-order valence-electron chi connectivity index (χ2n) is 8.97. The fourth-order valence-electron chi connectivity index (χ4n) is 5.17. The van der Waals surface area contributed by atoms with Crippen molar-refractivity contribution in [2.24, 2.45) is 0 Å². The number of nitrogens with one attached hydrogen (secondary N) is 1. The molecule has 0 radical (unpaired) electrons. The Morgan fingerprint density at radius 3 is 2.62 bits per heavy atom. The number of fused-ring (bicyclic) bond motifs is 3. The first-order valence-electron chi connectivity index (χ1n) is 12.2. The van der Waals surface area contributed by atoms with Gasteiger partial charge >= 0.3 is 0 Å². The predicted molar refractivity (Wildman–Crippen MR) is 140 cm³/mol. The van der Waals surface area contributed by atoms with Crippen LogP contribution >= 0.6 is 0 Å². The van der Waals surface area contributed by atoms with Gasteiger partial charge in [-0.25, -0.2) is 4.68 Å². The molecule has 2 aliphatic rings. The molecular weight excluding hydrogens is 468 g/mol. The van der Waals surface area contributed by atoms with Gasteiger partial charge in [0.2, 0.25) is 5.95 Å². The lowest BCUT2D eigenvalue weighted by molar-refractivity contribution is 0.215. The second-order valence-corrected chi connectivity index (χ2v) is 8.97. The summed E-state index contributed by atoms with van der Waals surface area (Å²) in [6.07, 6.45) is 1.13. The molecule has 188 valence electrons. The van der Waals surface area contributed by atoms with E-state index in [0.29, 0.717) is 24.1 Å². The zero-order chi connectivity index (χ0) is 25.5. The lowest BCUT2D eigenvalue weighted by Crippen LogP contribution is -2.32. The molecule has 0 unspecified atom stereocenters. The van der Waals surface area contributed by atoms with Crippen LogP contribution in [0.1, 0.15) is 41.3 Å².